The summed E-state index contributed by atoms with van der Waals surface area (Å²) in [4.78, 5) is 2.81. The maximum absolute atomic E-state index is 5.43. The Hall–Kier alpha value is -1.32. The van der Waals surface area contributed by atoms with Crippen LogP contribution in [-0.4, -0.2) is 7.11 Å². The van der Waals surface area contributed by atoms with E-state index in [9.17, 15) is 0 Å². The van der Waals surface area contributed by atoms with E-state index in [-0.39, 0.29) is 11.5 Å². The van der Waals surface area contributed by atoms with Gasteiger partial charge in [0.25, 0.3) is 0 Å². The van der Waals surface area contributed by atoms with Gasteiger partial charge in [0.15, 0.2) is 0 Å². The molecule has 2 rings (SSSR count). The van der Waals surface area contributed by atoms with Crippen molar-refractivity contribution < 1.29 is 4.74 Å². The normalized spacial score (nSPS) is 13.2. The topological polar surface area (TPSA) is 21.3 Å². The summed E-state index contributed by atoms with van der Waals surface area (Å²) < 4.78 is 5.43. The van der Waals surface area contributed by atoms with E-state index >= 15 is 0 Å². The lowest BCUT2D eigenvalue weighted by Crippen LogP contribution is -2.18. The van der Waals surface area contributed by atoms with Crippen LogP contribution in [0.4, 0.5) is 0 Å². The van der Waals surface area contributed by atoms with E-state index < -0.39 is 0 Å². The van der Waals surface area contributed by atoms with E-state index in [0.717, 1.165) is 12.3 Å². The van der Waals surface area contributed by atoms with Gasteiger partial charge in [0.1, 0.15) is 5.75 Å². The maximum Gasteiger partial charge on any atom is 0.123 e. The molecule has 3 heteroatoms. The Balaban J connectivity index is 2.01. The van der Waals surface area contributed by atoms with E-state index in [4.69, 9.17) is 4.74 Å². The molecule has 0 radical (unpaired) electrons. The zero-order valence-corrected chi connectivity index (χ0v) is 14.4. The summed E-state index contributed by atoms with van der Waals surface area (Å²) in [7, 11) is 1.72. The van der Waals surface area contributed by atoms with Gasteiger partial charge in [-0.1, -0.05) is 39.0 Å². The molecule has 0 aliphatic carbocycles. The number of ether oxygens (including phenoxy) is 1. The highest BCUT2D eigenvalue weighted by Gasteiger charge is 2.16. The monoisotopic (exact) mass is 303 g/mol. The lowest BCUT2D eigenvalue weighted by Gasteiger charge is -2.17. The molecule has 0 amide bonds. The fourth-order valence-corrected chi connectivity index (χ4v) is 3.28. The van der Waals surface area contributed by atoms with Crippen LogP contribution >= 0.6 is 11.3 Å². The third kappa shape index (κ3) is 4.08. The molecule has 0 unspecified atom stereocenters. The number of hydrogen-bond donors (Lipinski definition) is 1. The van der Waals surface area contributed by atoms with Crippen molar-refractivity contribution in [1.29, 1.82) is 0 Å². The number of para-hydroxylation sites is 1. The highest BCUT2D eigenvalue weighted by Crippen LogP contribution is 2.30. The Morgan fingerprint density at radius 2 is 1.86 bits per heavy atom. The number of methoxy groups -OCH3 is 1. The van der Waals surface area contributed by atoms with Crippen LogP contribution in [0.2, 0.25) is 0 Å². The molecule has 0 saturated heterocycles. The first-order valence-corrected chi connectivity index (χ1v) is 8.19. The van der Waals surface area contributed by atoms with Crippen LogP contribution in [0.25, 0.3) is 0 Å². The number of thiophene rings is 1. The van der Waals surface area contributed by atoms with Gasteiger partial charge in [-0.2, -0.15) is 0 Å². The van der Waals surface area contributed by atoms with Gasteiger partial charge in [-0.05, 0) is 30.5 Å². The quantitative estimate of drug-likeness (QED) is 0.848. The predicted octanol–water partition coefficient (Wildman–Crippen LogP) is 4.91. The highest BCUT2D eigenvalue weighted by atomic mass is 32.1. The van der Waals surface area contributed by atoms with Crippen molar-refractivity contribution in [2.24, 2.45) is 0 Å². The van der Waals surface area contributed by atoms with Gasteiger partial charge in [0, 0.05) is 27.9 Å². The van der Waals surface area contributed by atoms with E-state index in [2.05, 4.69) is 57.3 Å². The first kappa shape index (κ1) is 16.1. The van der Waals surface area contributed by atoms with E-state index in [1.165, 1.54) is 15.3 Å². The molecule has 0 fully saturated rings. The van der Waals surface area contributed by atoms with Gasteiger partial charge in [-0.3, -0.25) is 0 Å². The van der Waals surface area contributed by atoms with Crippen LogP contribution in [0.15, 0.2) is 36.4 Å². The van der Waals surface area contributed by atoms with Crippen LogP contribution < -0.4 is 10.1 Å². The van der Waals surface area contributed by atoms with Crippen molar-refractivity contribution in [3.05, 3.63) is 51.7 Å². The molecule has 1 N–H and O–H groups in total. The summed E-state index contributed by atoms with van der Waals surface area (Å²) in [5.41, 5.74) is 1.43. The van der Waals surface area contributed by atoms with Gasteiger partial charge >= 0.3 is 0 Å². The fourth-order valence-electron chi connectivity index (χ4n) is 2.26. The summed E-state index contributed by atoms with van der Waals surface area (Å²) in [6.07, 6.45) is 0. The Morgan fingerprint density at radius 3 is 2.48 bits per heavy atom. The summed E-state index contributed by atoms with van der Waals surface area (Å²) in [6.45, 7) is 9.84. The van der Waals surface area contributed by atoms with Crippen LogP contribution in [0.1, 0.15) is 49.1 Å². The van der Waals surface area contributed by atoms with Crippen molar-refractivity contribution in [3.8, 4) is 5.75 Å². The van der Waals surface area contributed by atoms with Gasteiger partial charge in [-0.25, -0.2) is 0 Å². The summed E-state index contributed by atoms with van der Waals surface area (Å²) in [6, 6.07) is 12.9. The Morgan fingerprint density at radius 1 is 1.14 bits per heavy atom. The van der Waals surface area contributed by atoms with E-state index in [0.29, 0.717) is 0 Å². The predicted molar refractivity (Wildman–Crippen MR) is 91.3 cm³/mol. The lowest BCUT2D eigenvalue weighted by molar-refractivity contribution is 0.401. The average molecular weight is 303 g/mol. The van der Waals surface area contributed by atoms with Gasteiger partial charge in [0.2, 0.25) is 0 Å². The van der Waals surface area contributed by atoms with Crippen molar-refractivity contribution >= 4 is 11.3 Å². The Kier molecular flexibility index (Phi) is 5.07. The lowest BCUT2D eigenvalue weighted by atomic mass is 9.95. The van der Waals surface area contributed by atoms with E-state index in [1.807, 2.05) is 23.5 Å². The number of nitrogens with one attached hydrogen (secondary N) is 1. The molecular formula is C18H25NOS. The largest absolute Gasteiger partial charge is 0.496 e. The smallest absolute Gasteiger partial charge is 0.123 e. The molecule has 1 aromatic heterocycles. The molecule has 1 atom stereocenters. The van der Waals surface area contributed by atoms with Crippen LogP contribution in [0.5, 0.6) is 5.75 Å². The third-order valence-corrected chi connectivity index (χ3v) is 5.10. The second kappa shape index (κ2) is 6.63. The second-order valence-electron chi connectivity index (χ2n) is 6.36. The molecule has 0 aliphatic heterocycles. The summed E-state index contributed by atoms with van der Waals surface area (Å²) in [5.74, 6) is 0.944. The Labute approximate surface area is 132 Å². The second-order valence-corrected chi connectivity index (χ2v) is 7.53. The minimum Gasteiger partial charge on any atom is -0.496 e. The van der Waals surface area contributed by atoms with Crippen LogP contribution in [0, 0.1) is 0 Å². The maximum atomic E-state index is 5.43. The van der Waals surface area contributed by atoms with Gasteiger partial charge in [-0.15, -0.1) is 11.3 Å². The highest BCUT2D eigenvalue weighted by molar-refractivity contribution is 7.12. The van der Waals surface area contributed by atoms with Crippen LogP contribution in [-0.2, 0) is 12.0 Å². The first-order chi connectivity index (χ1) is 9.91. The molecule has 21 heavy (non-hydrogen) atoms. The Bertz CT molecular complexity index is 583. The third-order valence-electron chi connectivity index (χ3n) is 3.59. The molecule has 0 aliphatic rings. The number of rotatable bonds is 5. The molecule has 0 saturated carbocycles. The SMILES string of the molecule is COc1ccccc1[C@@H](C)NCc1ccc(C(C)(C)C)s1. The minimum absolute atomic E-state index is 0.233. The summed E-state index contributed by atoms with van der Waals surface area (Å²) >= 11 is 1.89. The molecule has 114 valence electrons. The van der Waals surface area contributed by atoms with Gasteiger partial charge < -0.3 is 10.1 Å². The minimum atomic E-state index is 0.233. The number of benzene rings is 1. The zero-order valence-electron chi connectivity index (χ0n) is 13.6. The van der Waals surface area contributed by atoms with Crippen molar-refractivity contribution in [2.75, 3.05) is 7.11 Å². The molecule has 1 heterocycles. The van der Waals surface area contributed by atoms with E-state index in [1.54, 1.807) is 7.11 Å². The number of hydrogen-bond acceptors (Lipinski definition) is 3. The fraction of sp³-hybridized carbons (Fsp3) is 0.444. The average Bonchev–Trinajstić information content (AvgIpc) is 2.93. The standard InChI is InChI=1S/C18H25NOS/c1-13(15-8-6-7-9-16(15)20-5)19-12-14-10-11-17(21-14)18(2,3)4/h6-11,13,19H,12H2,1-5H3/t13-/m1/s1. The van der Waals surface area contributed by atoms with Gasteiger partial charge in [0.05, 0.1) is 7.11 Å². The first-order valence-electron chi connectivity index (χ1n) is 7.37. The molecule has 1 aromatic carbocycles. The molecule has 2 aromatic rings. The summed E-state index contributed by atoms with van der Waals surface area (Å²) in [5, 5.41) is 3.59. The van der Waals surface area contributed by atoms with Crippen LogP contribution in [0.3, 0.4) is 0 Å². The molecule has 2 nitrogen and oxygen atoms in total. The zero-order chi connectivity index (χ0) is 15.5. The molecule has 0 spiro atoms. The van der Waals surface area contributed by atoms with Crippen molar-refractivity contribution in [3.63, 3.8) is 0 Å². The molecule has 0 bridgehead atoms. The van der Waals surface area contributed by atoms with Crippen molar-refractivity contribution in [1.82, 2.24) is 5.32 Å². The van der Waals surface area contributed by atoms with Crippen molar-refractivity contribution in [2.45, 2.75) is 45.7 Å². The molecular weight excluding hydrogens is 278 g/mol.